The van der Waals surface area contributed by atoms with Crippen LogP contribution in [0.25, 0.3) is 88.4 Å². The van der Waals surface area contributed by atoms with Crippen LogP contribution in [0.15, 0.2) is 241 Å². The molecule has 0 fully saturated rings. The Morgan fingerprint density at radius 2 is 0.562 bits per heavy atom. The number of pyridine rings is 2. The summed E-state index contributed by atoms with van der Waals surface area (Å²) < 4.78 is 4.78. The molecular formula is C72H62N8. The maximum atomic E-state index is 5.31. The van der Waals surface area contributed by atoms with Crippen LogP contribution in [0.4, 0.5) is 11.4 Å². The summed E-state index contributed by atoms with van der Waals surface area (Å²) in [4.78, 5) is 25.6. The molecule has 0 bridgehead atoms. The zero-order valence-corrected chi connectivity index (χ0v) is 46.5. The minimum Gasteiger partial charge on any atom is -0.317 e. The molecule has 2 aliphatic heterocycles. The van der Waals surface area contributed by atoms with Crippen molar-refractivity contribution >= 4 is 66.7 Å². The first-order chi connectivity index (χ1) is 38.7. The van der Waals surface area contributed by atoms with Crippen molar-refractivity contribution in [1.29, 1.82) is 0 Å². The average molecular weight is 1040 g/mol. The van der Waals surface area contributed by atoms with Crippen LogP contribution in [0.5, 0.6) is 0 Å². The van der Waals surface area contributed by atoms with Gasteiger partial charge < -0.3 is 18.9 Å². The van der Waals surface area contributed by atoms with Gasteiger partial charge in [0, 0.05) is 67.8 Å². The first-order valence-electron chi connectivity index (χ1n) is 27.8. The van der Waals surface area contributed by atoms with Gasteiger partial charge in [0.2, 0.25) is 0 Å². The Morgan fingerprint density at radius 1 is 0.287 bits per heavy atom. The molecular weight excluding hydrogens is 977 g/mol. The maximum absolute atomic E-state index is 5.31. The molecule has 12 aromatic rings. The fourth-order valence-electron chi connectivity index (χ4n) is 12.2. The van der Waals surface area contributed by atoms with E-state index in [0.29, 0.717) is 0 Å². The van der Waals surface area contributed by atoms with Crippen molar-refractivity contribution in [1.82, 2.24) is 19.1 Å². The second-order valence-electron chi connectivity index (χ2n) is 23.6. The maximum Gasteiger partial charge on any atom is 0.155 e. The Kier molecular flexibility index (Phi) is 11.1. The number of hydrogen-bond acceptors (Lipinski definition) is 6. The minimum atomic E-state index is -0.327. The van der Waals surface area contributed by atoms with Crippen LogP contribution in [0.3, 0.4) is 0 Å². The van der Waals surface area contributed by atoms with Crippen molar-refractivity contribution in [3.63, 3.8) is 0 Å². The number of fused-ring (bicyclic) bond motifs is 6. The van der Waals surface area contributed by atoms with Gasteiger partial charge >= 0.3 is 0 Å². The Bertz CT molecular complexity index is 4150. The third-order valence-electron chi connectivity index (χ3n) is 17.9. The van der Waals surface area contributed by atoms with Crippen LogP contribution in [-0.2, 0) is 0 Å². The van der Waals surface area contributed by atoms with Crippen LogP contribution in [-0.4, -0.2) is 52.9 Å². The second kappa shape index (κ2) is 18.1. The molecule has 6 heterocycles. The summed E-state index contributed by atoms with van der Waals surface area (Å²) in [6.07, 6.45) is 4.01. The van der Waals surface area contributed by atoms with Gasteiger partial charge in [0.15, 0.2) is 11.7 Å². The van der Waals surface area contributed by atoms with Crippen molar-refractivity contribution in [2.75, 3.05) is 9.80 Å². The fraction of sp³-hybridized carbons (Fsp3) is 0.167. The normalized spacial score (nSPS) is 16.2. The highest BCUT2D eigenvalue weighted by molar-refractivity contribution is 6.15. The van der Waals surface area contributed by atoms with E-state index in [4.69, 9.17) is 20.0 Å². The number of nitrogens with zero attached hydrogens (tertiary/aromatic N) is 8. The Labute approximate surface area is 467 Å². The zero-order chi connectivity index (χ0) is 54.7. The molecule has 390 valence electrons. The van der Waals surface area contributed by atoms with E-state index in [-0.39, 0.29) is 22.2 Å². The number of aliphatic imine (C=N–C) groups is 2. The van der Waals surface area contributed by atoms with Gasteiger partial charge in [-0.3, -0.25) is 20.0 Å². The summed E-state index contributed by atoms with van der Waals surface area (Å²) in [5.41, 5.74) is 16.2. The summed E-state index contributed by atoms with van der Waals surface area (Å²) in [5, 5.41) is 4.72. The van der Waals surface area contributed by atoms with Gasteiger partial charge in [-0.15, -0.1) is 0 Å². The van der Waals surface area contributed by atoms with Crippen LogP contribution in [0.1, 0.15) is 66.8 Å². The summed E-state index contributed by atoms with van der Waals surface area (Å²) in [6.45, 7) is 17.9. The molecule has 80 heavy (non-hydrogen) atoms. The van der Waals surface area contributed by atoms with Crippen molar-refractivity contribution in [2.45, 2.75) is 77.5 Å². The third-order valence-corrected chi connectivity index (χ3v) is 17.9. The van der Waals surface area contributed by atoms with Gasteiger partial charge in [-0.1, -0.05) is 109 Å². The number of hydrogen-bond donors (Lipinski definition) is 0. The standard InChI is InChI=1S/C72H62N8/c1-69(2)71(5,6)79(55-25-17-11-18-26-55)67(75-69)61-35-29-51(45-73-61)49-33-39-65-59(43-49)57-41-47(31-37-63(57)77(65)53-21-13-9-14-22-53)48-32-38-64-58(42-48)60-44-50(34-40-66(60)78(64)54-23-15-10-16-24-54)52-30-36-62(74-46-52)68-76-70(3,4)72(7,8)80(68)56-27-19-12-20-28-56/h9-46H,1-8H3. The molecule has 8 nitrogen and oxygen atoms in total. The predicted octanol–water partition coefficient (Wildman–Crippen LogP) is 17.3. The molecule has 0 spiro atoms. The first kappa shape index (κ1) is 48.9. The molecule has 0 saturated heterocycles. The van der Waals surface area contributed by atoms with E-state index in [1.807, 2.05) is 12.4 Å². The lowest BCUT2D eigenvalue weighted by atomic mass is 9.83. The lowest BCUT2D eigenvalue weighted by Gasteiger charge is -2.41. The number of anilines is 2. The lowest BCUT2D eigenvalue weighted by Crippen LogP contribution is -2.53. The van der Waals surface area contributed by atoms with E-state index in [0.717, 1.165) is 101 Å². The molecule has 0 amide bonds. The Hall–Kier alpha value is -9.40. The van der Waals surface area contributed by atoms with Gasteiger partial charge in [-0.2, -0.15) is 0 Å². The zero-order valence-electron chi connectivity index (χ0n) is 46.5. The SMILES string of the molecule is CC1(C)N=C(c2ccc(-c3ccc4c(c3)c3cc(-c5ccc6c(c5)c5cc(-c7ccc(C8=NC(C)(C)C(C)(C)N8c8ccccc8)nc7)ccc5n6-c5ccccc5)ccc3n4-c3ccccc3)cn2)N(c2ccccc2)C1(C)C. The molecule has 0 N–H and O–H groups in total. The van der Waals surface area contributed by atoms with Gasteiger partial charge in [-0.25, -0.2) is 0 Å². The van der Waals surface area contributed by atoms with Crippen molar-refractivity contribution < 1.29 is 0 Å². The minimum absolute atomic E-state index is 0.266. The second-order valence-corrected chi connectivity index (χ2v) is 23.6. The highest BCUT2D eigenvalue weighted by atomic mass is 15.4. The Balaban J connectivity index is 0.861. The summed E-state index contributed by atoms with van der Waals surface area (Å²) in [7, 11) is 0. The molecule has 0 unspecified atom stereocenters. The van der Waals surface area contributed by atoms with E-state index in [9.17, 15) is 0 Å². The molecule has 0 radical (unpaired) electrons. The number of para-hydroxylation sites is 4. The van der Waals surface area contributed by atoms with Crippen LogP contribution in [0.2, 0.25) is 0 Å². The van der Waals surface area contributed by atoms with Gasteiger partial charge in [0.25, 0.3) is 0 Å². The quantitative estimate of drug-likeness (QED) is 0.144. The van der Waals surface area contributed by atoms with E-state index >= 15 is 0 Å². The lowest BCUT2D eigenvalue weighted by molar-refractivity contribution is 0.338. The van der Waals surface area contributed by atoms with Crippen LogP contribution >= 0.6 is 0 Å². The number of aromatic nitrogens is 4. The van der Waals surface area contributed by atoms with Gasteiger partial charge in [0.05, 0.1) is 44.2 Å². The Morgan fingerprint density at radius 3 is 0.850 bits per heavy atom. The average Bonchev–Trinajstić information content (AvgIpc) is 4.16. The van der Waals surface area contributed by atoms with E-state index in [1.165, 1.54) is 21.5 Å². The molecule has 0 aliphatic carbocycles. The van der Waals surface area contributed by atoms with Gasteiger partial charge in [0.1, 0.15) is 11.4 Å². The molecule has 8 heteroatoms. The highest BCUT2D eigenvalue weighted by Crippen LogP contribution is 2.45. The van der Waals surface area contributed by atoms with Crippen LogP contribution < -0.4 is 9.80 Å². The van der Waals surface area contributed by atoms with Crippen LogP contribution in [0, 0.1) is 0 Å². The summed E-state index contributed by atoms with van der Waals surface area (Å²) in [5.74, 6) is 1.77. The monoisotopic (exact) mass is 1040 g/mol. The molecule has 8 aromatic carbocycles. The van der Waals surface area contributed by atoms with Crippen molar-refractivity contribution in [3.8, 4) is 44.8 Å². The van der Waals surface area contributed by atoms with E-state index in [2.05, 4.69) is 293 Å². The number of amidine groups is 2. The summed E-state index contributed by atoms with van der Waals surface area (Å²) in [6, 6.07) is 78.7. The highest BCUT2D eigenvalue weighted by Gasteiger charge is 2.51. The summed E-state index contributed by atoms with van der Waals surface area (Å²) >= 11 is 0. The molecule has 2 aliphatic rings. The molecule has 0 atom stereocenters. The van der Waals surface area contributed by atoms with Crippen molar-refractivity contribution in [2.24, 2.45) is 9.98 Å². The molecule has 14 rings (SSSR count). The van der Waals surface area contributed by atoms with E-state index < -0.39 is 0 Å². The van der Waals surface area contributed by atoms with Gasteiger partial charge in [-0.05, 0) is 187 Å². The molecule has 4 aromatic heterocycles. The number of rotatable bonds is 9. The molecule has 0 saturated carbocycles. The topological polar surface area (TPSA) is 66.8 Å². The van der Waals surface area contributed by atoms with E-state index in [1.54, 1.807) is 0 Å². The third kappa shape index (κ3) is 7.64. The van der Waals surface area contributed by atoms with Crippen molar-refractivity contribution in [3.05, 3.63) is 242 Å². The largest absolute Gasteiger partial charge is 0.317 e. The predicted molar refractivity (Wildman–Crippen MR) is 334 cm³/mol. The smallest absolute Gasteiger partial charge is 0.155 e. The first-order valence-corrected chi connectivity index (χ1v) is 27.8. The number of benzene rings is 8. The fourth-order valence-corrected chi connectivity index (χ4v) is 12.2.